The van der Waals surface area contributed by atoms with Crippen molar-refractivity contribution in [2.45, 2.75) is 31.7 Å². The molecular weight excluding hydrogens is 323 g/mol. The van der Waals surface area contributed by atoms with E-state index in [9.17, 15) is 4.79 Å². The van der Waals surface area contributed by atoms with Crippen molar-refractivity contribution in [2.24, 2.45) is 17.6 Å². The van der Waals surface area contributed by atoms with Gasteiger partial charge in [0.05, 0.1) is 0 Å². The summed E-state index contributed by atoms with van der Waals surface area (Å²) in [4.78, 5) is 16.7. The molecule has 0 aromatic rings. The van der Waals surface area contributed by atoms with Gasteiger partial charge in [0.25, 0.3) is 0 Å². The average Bonchev–Trinajstić information content (AvgIpc) is 2.90. The third-order valence-electron chi connectivity index (χ3n) is 5.34. The van der Waals surface area contributed by atoms with Gasteiger partial charge in [0.15, 0.2) is 0 Å². The van der Waals surface area contributed by atoms with E-state index in [1.165, 1.54) is 19.3 Å². The van der Waals surface area contributed by atoms with Crippen molar-refractivity contribution in [3.8, 4) is 0 Å². The molecule has 0 radical (unpaired) electrons. The van der Waals surface area contributed by atoms with Gasteiger partial charge in [-0.25, -0.2) is 0 Å². The molecule has 3 N–H and O–H groups in total. The molecule has 5 nitrogen and oxygen atoms in total. The van der Waals surface area contributed by atoms with Gasteiger partial charge in [0.1, 0.15) is 0 Å². The minimum atomic E-state index is 0. The number of piperazine rings is 1. The van der Waals surface area contributed by atoms with Crippen LogP contribution in [0.1, 0.15) is 25.7 Å². The van der Waals surface area contributed by atoms with Gasteiger partial charge in [0, 0.05) is 58.3 Å². The Kier molecular flexibility index (Phi) is 8.43. The molecule has 0 bridgehead atoms. The highest BCUT2D eigenvalue weighted by Crippen LogP contribution is 2.35. The lowest BCUT2D eigenvalue weighted by molar-refractivity contribution is -0.132. The molecule has 2 heterocycles. The van der Waals surface area contributed by atoms with Gasteiger partial charge in [-0.2, -0.15) is 0 Å². The molecule has 3 unspecified atom stereocenters. The molecule has 2 aliphatic heterocycles. The molecule has 3 atom stereocenters. The number of nitrogens with zero attached hydrogens (tertiary/aromatic N) is 2. The summed E-state index contributed by atoms with van der Waals surface area (Å²) < 4.78 is 0. The van der Waals surface area contributed by atoms with Crippen LogP contribution in [0.2, 0.25) is 0 Å². The SMILES string of the molecule is Cl.Cl.NC1CCCC2CN(CCC(=O)N3CCNCC3)CC12. The summed E-state index contributed by atoms with van der Waals surface area (Å²) in [5, 5.41) is 3.29. The predicted octanol–water partition coefficient (Wildman–Crippen LogP) is 0.711. The van der Waals surface area contributed by atoms with Gasteiger partial charge in [-0.15, -0.1) is 24.8 Å². The summed E-state index contributed by atoms with van der Waals surface area (Å²) in [6.45, 7) is 6.81. The smallest absolute Gasteiger partial charge is 0.223 e. The number of likely N-dealkylation sites (tertiary alicyclic amines) is 1. The molecule has 130 valence electrons. The topological polar surface area (TPSA) is 61.6 Å². The minimum Gasteiger partial charge on any atom is -0.340 e. The Morgan fingerprint density at radius 1 is 1.14 bits per heavy atom. The van der Waals surface area contributed by atoms with Crippen LogP contribution in [0.25, 0.3) is 0 Å². The second-order valence-corrected chi connectivity index (χ2v) is 6.66. The monoisotopic (exact) mass is 352 g/mol. The maximum atomic E-state index is 12.2. The first-order valence-corrected chi connectivity index (χ1v) is 8.20. The van der Waals surface area contributed by atoms with Crippen molar-refractivity contribution < 1.29 is 4.79 Å². The van der Waals surface area contributed by atoms with E-state index < -0.39 is 0 Å². The number of amides is 1. The minimum absolute atomic E-state index is 0. The normalized spacial score (nSPS) is 31.9. The molecule has 3 aliphatic rings. The van der Waals surface area contributed by atoms with E-state index in [1.54, 1.807) is 0 Å². The standard InChI is InChI=1S/C15H28N4O.2ClH/c16-14-3-1-2-12-10-18(11-13(12)14)7-4-15(20)19-8-5-17-6-9-19;;/h12-14,17H,1-11,16H2;2*1H. The van der Waals surface area contributed by atoms with E-state index in [-0.39, 0.29) is 24.8 Å². The fourth-order valence-electron chi connectivity index (χ4n) is 4.12. The predicted molar refractivity (Wildman–Crippen MR) is 93.8 cm³/mol. The molecule has 3 fully saturated rings. The Morgan fingerprint density at radius 2 is 1.86 bits per heavy atom. The summed E-state index contributed by atoms with van der Waals surface area (Å²) in [7, 11) is 0. The quantitative estimate of drug-likeness (QED) is 0.785. The molecule has 22 heavy (non-hydrogen) atoms. The van der Waals surface area contributed by atoms with Gasteiger partial charge in [0.2, 0.25) is 5.91 Å². The Bertz CT molecular complexity index is 352. The van der Waals surface area contributed by atoms with E-state index in [4.69, 9.17) is 5.73 Å². The molecule has 2 saturated heterocycles. The Morgan fingerprint density at radius 3 is 2.55 bits per heavy atom. The second-order valence-electron chi connectivity index (χ2n) is 6.66. The zero-order chi connectivity index (χ0) is 13.9. The molecule has 7 heteroatoms. The van der Waals surface area contributed by atoms with Crippen molar-refractivity contribution in [2.75, 3.05) is 45.8 Å². The van der Waals surface area contributed by atoms with Gasteiger partial charge < -0.3 is 20.9 Å². The van der Waals surface area contributed by atoms with E-state index >= 15 is 0 Å². The summed E-state index contributed by atoms with van der Waals surface area (Å²) in [6, 6.07) is 0.391. The molecule has 0 aromatic heterocycles. The van der Waals surface area contributed by atoms with Crippen molar-refractivity contribution in [3.05, 3.63) is 0 Å². The number of carbonyl (C=O) groups excluding carboxylic acids is 1. The van der Waals surface area contributed by atoms with E-state index in [1.807, 2.05) is 4.90 Å². The van der Waals surface area contributed by atoms with Gasteiger partial charge in [-0.1, -0.05) is 6.42 Å². The molecule has 3 rings (SSSR count). The summed E-state index contributed by atoms with van der Waals surface area (Å²) in [5.74, 6) is 1.79. The Balaban J connectivity index is 0.00000121. The number of rotatable bonds is 3. The zero-order valence-electron chi connectivity index (χ0n) is 13.2. The highest BCUT2D eigenvalue weighted by molar-refractivity contribution is 5.85. The number of fused-ring (bicyclic) bond motifs is 1. The van der Waals surface area contributed by atoms with E-state index in [0.29, 0.717) is 24.3 Å². The van der Waals surface area contributed by atoms with Crippen LogP contribution in [-0.4, -0.2) is 67.6 Å². The Hall–Kier alpha value is -0.0700. The molecule has 1 aliphatic carbocycles. The van der Waals surface area contributed by atoms with Crippen LogP contribution in [0.4, 0.5) is 0 Å². The lowest BCUT2D eigenvalue weighted by Crippen LogP contribution is -2.47. The van der Waals surface area contributed by atoms with Crippen molar-refractivity contribution >= 4 is 30.7 Å². The third kappa shape index (κ3) is 4.71. The average molecular weight is 353 g/mol. The number of carbonyl (C=O) groups is 1. The maximum Gasteiger partial charge on any atom is 0.223 e. The van der Waals surface area contributed by atoms with Gasteiger partial charge in [-0.3, -0.25) is 4.79 Å². The van der Waals surface area contributed by atoms with Crippen molar-refractivity contribution in [1.82, 2.24) is 15.1 Å². The van der Waals surface area contributed by atoms with Gasteiger partial charge in [-0.05, 0) is 24.7 Å². The van der Waals surface area contributed by atoms with Crippen molar-refractivity contribution in [1.29, 1.82) is 0 Å². The number of nitrogens with two attached hydrogens (primary N) is 1. The number of hydrogen-bond acceptors (Lipinski definition) is 4. The molecule has 1 amide bonds. The van der Waals surface area contributed by atoms with Crippen LogP contribution >= 0.6 is 24.8 Å². The summed E-state index contributed by atoms with van der Waals surface area (Å²) in [5.41, 5.74) is 6.25. The maximum absolute atomic E-state index is 12.2. The largest absolute Gasteiger partial charge is 0.340 e. The highest BCUT2D eigenvalue weighted by Gasteiger charge is 2.38. The van der Waals surface area contributed by atoms with Crippen LogP contribution in [0.15, 0.2) is 0 Å². The van der Waals surface area contributed by atoms with Crippen molar-refractivity contribution in [3.63, 3.8) is 0 Å². The fourth-order valence-corrected chi connectivity index (χ4v) is 4.12. The van der Waals surface area contributed by atoms with E-state index in [2.05, 4.69) is 10.2 Å². The van der Waals surface area contributed by atoms with Crippen LogP contribution in [0, 0.1) is 11.8 Å². The molecule has 1 saturated carbocycles. The molecular formula is C15H30Cl2N4O. The third-order valence-corrected chi connectivity index (χ3v) is 5.34. The second kappa shape index (κ2) is 9.28. The number of nitrogens with one attached hydrogen (secondary N) is 1. The van der Waals surface area contributed by atoms with Crippen LogP contribution in [-0.2, 0) is 4.79 Å². The fraction of sp³-hybridized carbons (Fsp3) is 0.933. The number of halogens is 2. The zero-order valence-corrected chi connectivity index (χ0v) is 14.8. The molecule has 0 spiro atoms. The summed E-state index contributed by atoms with van der Waals surface area (Å²) in [6.07, 6.45) is 4.49. The lowest BCUT2D eigenvalue weighted by atomic mass is 9.78. The van der Waals surface area contributed by atoms with Crippen LogP contribution in [0.3, 0.4) is 0 Å². The van der Waals surface area contributed by atoms with Gasteiger partial charge >= 0.3 is 0 Å². The first-order chi connectivity index (χ1) is 9.74. The summed E-state index contributed by atoms with van der Waals surface area (Å²) >= 11 is 0. The molecule has 0 aromatic carbocycles. The first-order valence-electron chi connectivity index (χ1n) is 8.20. The lowest BCUT2D eigenvalue weighted by Gasteiger charge is -2.30. The number of hydrogen-bond donors (Lipinski definition) is 2. The van der Waals surface area contributed by atoms with E-state index in [0.717, 1.165) is 51.7 Å². The van der Waals surface area contributed by atoms with Crippen LogP contribution in [0.5, 0.6) is 0 Å². The highest BCUT2D eigenvalue weighted by atomic mass is 35.5. The Labute approximate surface area is 146 Å². The first kappa shape index (κ1) is 20.0. The van der Waals surface area contributed by atoms with Crippen LogP contribution < -0.4 is 11.1 Å².